The second kappa shape index (κ2) is 8.45. The summed E-state index contributed by atoms with van der Waals surface area (Å²) in [6.07, 6.45) is 3.34. The Kier molecular flexibility index (Phi) is 5.81. The maximum absolute atomic E-state index is 12.0. The van der Waals surface area contributed by atoms with E-state index in [0.717, 1.165) is 22.3 Å². The number of carbonyl (C=O) groups excluding carboxylic acids is 2. The van der Waals surface area contributed by atoms with Crippen molar-refractivity contribution >= 4 is 11.9 Å². The van der Waals surface area contributed by atoms with Gasteiger partial charge in [0.1, 0.15) is 12.7 Å². The monoisotopic (exact) mass is 351 g/mol. The molecule has 0 aromatic heterocycles. The summed E-state index contributed by atoms with van der Waals surface area (Å²) in [5, 5.41) is 2.74. The molecule has 0 fully saturated rings. The lowest BCUT2D eigenvalue weighted by Gasteiger charge is -2.14. The number of nitrogens with one attached hydrogen (secondary N) is 1. The molecule has 2 aromatic carbocycles. The summed E-state index contributed by atoms with van der Waals surface area (Å²) in [6.45, 7) is 0.315. The van der Waals surface area contributed by atoms with Crippen LogP contribution in [0.3, 0.4) is 0 Å². The van der Waals surface area contributed by atoms with Gasteiger partial charge in [0.25, 0.3) is 0 Å². The van der Waals surface area contributed by atoms with Gasteiger partial charge in [-0.1, -0.05) is 60.7 Å². The topological polar surface area (TPSA) is 64.6 Å². The zero-order valence-electron chi connectivity index (χ0n) is 14.6. The molecule has 1 amide bonds. The van der Waals surface area contributed by atoms with E-state index in [1.807, 2.05) is 36.4 Å². The van der Waals surface area contributed by atoms with Gasteiger partial charge in [0, 0.05) is 6.54 Å². The minimum Gasteiger partial charge on any atom is -0.469 e. The van der Waals surface area contributed by atoms with E-state index >= 15 is 0 Å². The first-order valence-electron chi connectivity index (χ1n) is 8.49. The normalized spacial score (nSPS) is 12.7. The van der Waals surface area contributed by atoms with Crippen LogP contribution in [0.25, 0.3) is 11.1 Å². The molecule has 1 aliphatic carbocycles. The summed E-state index contributed by atoms with van der Waals surface area (Å²) in [5.41, 5.74) is 4.47. The second-order valence-electron chi connectivity index (χ2n) is 5.92. The van der Waals surface area contributed by atoms with Crippen molar-refractivity contribution in [2.24, 2.45) is 0 Å². The Bertz CT molecular complexity index is 783. The molecule has 0 aliphatic heterocycles. The molecule has 134 valence electrons. The maximum Gasteiger partial charge on any atom is 0.309 e. The fourth-order valence-electron chi connectivity index (χ4n) is 3.02. The van der Waals surface area contributed by atoms with E-state index in [-0.39, 0.29) is 31.0 Å². The van der Waals surface area contributed by atoms with Gasteiger partial charge >= 0.3 is 5.97 Å². The molecule has 0 saturated carbocycles. The number of methoxy groups -OCH3 is 1. The number of fused-ring (bicyclic) bond motifs is 3. The van der Waals surface area contributed by atoms with Gasteiger partial charge < -0.3 is 14.8 Å². The Balaban J connectivity index is 1.55. The molecular formula is C21H21NO4. The van der Waals surface area contributed by atoms with Crippen molar-refractivity contribution in [3.63, 3.8) is 0 Å². The third-order valence-electron chi connectivity index (χ3n) is 4.25. The zero-order valence-corrected chi connectivity index (χ0v) is 14.6. The van der Waals surface area contributed by atoms with Crippen LogP contribution in [0, 0.1) is 0 Å². The number of ether oxygens (including phenoxy) is 2. The molecule has 0 saturated heterocycles. The predicted octanol–water partition coefficient (Wildman–Crippen LogP) is 3.01. The summed E-state index contributed by atoms with van der Waals surface area (Å²) < 4.78 is 10.5. The Morgan fingerprint density at radius 1 is 1.00 bits per heavy atom. The highest BCUT2D eigenvalue weighted by molar-refractivity contribution is 5.79. The van der Waals surface area contributed by atoms with Crippen LogP contribution in [0.15, 0.2) is 60.7 Å². The molecule has 5 nitrogen and oxygen atoms in total. The molecule has 2 aromatic rings. The number of rotatable bonds is 7. The lowest BCUT2D eigenvalue weighted by Crippen LogP contribution is -2.28. The molecule has 26 heavy (non-hydrogen) atoms. The number of benzene rings is 2. The van der Waals surface area contributed by atoms with E-state index in [0.29, 0.717) is 6.54 Å². The van der Waals surface area contributed by atoms with Crippen LogP contribution in [0.2, 0.25) is 0 Å². The number of hydrogen-bond acceptors (Lipinski definition) is 4. The summed E-state index contributed by atoms with van der Waals surface area (Å²) in [5.74, 6) is -0.510. The molecule has 5 heteroatoms. The van der Waals surface area contributed by atoms with Gasteiger partial charge in [-0.15, -0.1) is 0 Å². The first-order valence-corrected chi connectivity index (χ1v) is 8.49. The average Bonchev–Trinajstić information content (AvgIpc) is 3.00. The first kappa shape index (κ1) is 17.9. The fourth-order valence-corrected chi connectivity index (χ4v) is 3.02. The van der Waals surface area contributed by atoms with Crippen molar-refractivity contribution in [1.29, 1.82) is 0 Å². The van der Waals surface area contributed by atoms with E-state index in [2.05, 4.69) is 22.2 Å². The van der Waals surface area contributed by atoms with Crippen LogP contribution in [0.5, 0.6) is 0 Å². The maximum atomic E-state index is 12.0. The van der Waals surface area contributed by atoms with Crippen molar-refractivity contribution in [2.45, 2.75) is 12.5 Å². The largest absolute Gasteiger partial charge is 0.469 e. The van der Waals surface area contributed by atoms with Gasteiger partial charge in [-0.2, -0.15) is 0 Å². The highest BCUT2D eigenvalue weighted by atomic mass is 16.5. The Morgan fingerprint density at radius 3 is 2.23 bits per heavy atom. The molecule has 0 bridgehead atoms. The molecule has 1 N–H and O–H groups in total. The van der Waals surface area contributed by atoms with Crippen LogP contribution in [-0.2, 0) is 19.1 Å². The van der Waals surface area contributed by atoms with Gasteiger partial charge in [-0.05, 0) is 22.3 Å². The quantitative estimate of drug-likeness (QED) is 0.615. The van der Waals surface area contributed by atoms with Crippen LogP contribution in [0.4, 0.5) is 0 Å². The minimum absolute atomic E-state index is 0.0296. The number of amides is 1. The third-order valence-corrected chi connectivity index (χ3v) is 4.25. The molecule has 0 spiro atoms. The standard InChI is InChI=1S/C21H21NO4/c1-25-20(24)12-6-7-13-22-19(23)14-26-21-17-10-4-2-8-15(17)16-9-3-5-11-18(16)21/h2-11,21H,12-14H2,1H3,(H,22,23)/b7-6+. The fraction of sp³-hybridized carbons (Fsp3) is 0.238. The van der Waals surface area contributed by atoms with Crippen LogP contribution in [-0.4, -0.2) is 32.1 Å². The van der Waals surface area contributed by atoms with Crippen LogP contribution < -0.4 is 5.32 Å². The second-order valence-corrected chi connectivity index (χ2v) is 5.92. The third kappa shape index (κ3) is 4.00. The lowest BCUT2D eigenvalue weighted by molar-refractivity contribution is -0.139. The van der Waals surface area contributed by atoms with Crippen molar-refractivity contribution < 1.29 is 19.1 Å². The first-order chi connectivity index (χ1) is 12.7. The molecule has 0 atom stereocenters. The Labute approximate surface area is 152 Å². The number of carbonyl (C=O) groups is 2. The predicted molar refractivity (Wildman–Crippen MR) is 98.5 cm³/mol. The van der Waals surface area contributed by atoms with Crippen molar-refractivity contribution in [2.75, 3.05) is 20.3 Å². The van der Waals surface area contributed by atoms with E-state index in [1.54, 1.807) is 12.2 Å². The van der Waals surface area contributed by atoms with Gasteiger partial charge in [-0.3, -0.25) is 9.59 Å². The molecule has 3 rings (SSSR count). The van der Waals surface area contributed by atoms with Crippen molar-refractivity contribution in [3.05, 3.63) is 71.8 Å². The molecular weight excluding hydrogens is 330 g/mol. The van der Waals surface area contributed by atoms with Crippen LogP contribution >= 0.6 is 0 Å². The Morgan fingerprint density at radius 2 is 1.62 bits per heavy atom. The van der Waals surface area contributed by atoms with E-state index in [4.69, 9.17) is 4.74 Å². The number of hydrogen-bond donors (Lipinski definition) is 1. The van der Waals surface area contributed by atoms with Gasteiger partial charge in [0.2, 0.25) is 5.91 Å². The highest BCUT2D eigenvalue weighted by Gasteiger charge is 2.28. The molecule has 0 heterocycles. The molecule has 0 radical (unpaired) electrons. The van der Waals surface area contributed by atoms with Gasteiger partial charge in [0.15, 0.2) is 0 Å². The summed E-state index contributed by atoms with van der Waals surface area (Å²) in [6, 6.07) is 16.2. The molecule has 1 aliphatic rings. The number of esters is 1. The molecule has 0 unspecified atom stereocenters. The van der Waals surface area contributed by atoms with Gasteiger partial charge in [0.05, 0.1) is 13.5 Å². The summed E-state index contributed by atoms with van der Waals surface area (Å²) >= 11 is 0. The summed E-state index contributed by atoms with van der Waals surface area (Å²) in [4.78, 5) is 23.0. The lowest BCUT2D eigenvalue weighted by atomic mass is 10.1. The van der Waals surface area contributed by atoms with Gasteiger partial charge in [-0.25, -0.2) is 0 Å². The SMILES string of the molecule is COC(=O)C/C=C/CNC(=O)COC1c2ccccc2-c2ccccc21. The Hall–Kier alpha value is -2.92. The summed E-state index contributed by atoms with van der Waals surface area (Å²) in [7, 11) is 1.34. The van der Waals surface area contributed by atoms with E-state index in [1.165, 1.54) is 7.11 Å². The van der Waals surface area contributed by atoms with E-state index in [9.17, 15) is 9.59 Å². The highest BCUT2D eigenvalue weighted by Crippen LogP contribution is 2.44. The van der Waals surface area contributed by atoms with Crippen molar-refractivity contribution in [3.8, 4) is 11.1 Å². The average molecular weight is 351 g/mol. The smallest absolute Gasteiger partial charge is 0.309 e. The van der Waals surface area contributed by atoms with Crippen LogP contribution in [0.1, 0.15) is 23.7 Å². The van der Waals surface area contributed by atoms with E-state index < -0.39 is 0 Å². The minimum atomic E-state index is -0.311. The zero-order chi connectivity index (χ0) is 18.4. The van der Waals surface area contributed by atoms with Crippen molar-refractivity contribution in [1.82, 2.24) is 5.32 Å².